The first kappa shape index (κ1) is 18.5. The molecule has 0 radical (unpaired) electrons. The van der Waals surface area contributed by atoms with E-state index >= 15 is 0 Å². The molecule has 1 fully saturated rings. The van der Waals surface area contributed by atoms with Crippen molar-refractivity contribution in [3.63, 3.8) is 0 Å². The number of hydrogen-bond acceptors (Lipinski definition) is 3. The zero-order chi connectivity index (χ0) is 17.4. The van der Waals surface area contributed by atoms with Gasteiger partial charge in [-0.15, -0.1) is 0 Å². The van der Waals surface area contributed by atoms with E-state index in [0.29, 0.717) is 18.8 Å². The van der Waals surface area contributed by atoms with Gasteiger partial charge in [0.2, 0.25) is 11.8 Å². The molecule has 0 bridgehead atoms. The van der Waals surface area contributed by atoms with Gasteiger partial charge < -0.3 is 16.0 Å². The minimum absolute atomic E-state index is 0.0174. The maximum atomic E-state index is 12.0. The number of nitrogens with one attached hydrogen (secondary N) is 3. The van der Waals surface area contributed by atoms with Gasteiger partial charge in [0.05, 0.1) is 6.42 Å². The second kappa shape index (κ2) is 9.42. The number of piperidine rings is 1. The maximum Gasteiger partial charge on any atom is 0.224 e. The van der Waals surface area contributed by atoms with Gasteiger partial charge in [0.15, 0.2) is 0 Å². The molecule has 0 unspecified atom stereocenters. The van der Waals surface area contributed by atoms with Crippen LogP contribution in [-0.2, 0) is 16.0 Å². The molecule has 1 aromatic carbocycles. The fourth-order valence-electron chi connectivity index (χ4n) is 2.99. The number of carbonyl (C=O) groups excluding carboxylic acids is 2. The van der Waals surface area contributed by atoms with Crippen LogP contribution in [0, 0.1) is 5.92 Å². The molecule has 2 rings (SSSR count). The largest absolute Gasteiger partial charge is 0.354 e. The van der Waals surface area contributed by atoms with E-state index in [1.807, 2.05) is 38.1 Å². The fraction of sp³-hybridized carbons (Fsp3) is 0.579. The first-order valence-corrected chi connectivity index (χ1v) is 8.92. The molecule has 5 heteroatoms. The Morgan fingerprint density at radius 2 is 1.79 bits per heavy atom. The third kappa shape index (κ3) is 6.71. The Kier molecular flexibility index (Phi) is 7.25. The highest BCUT2D eigenvalue weighted by atomic mass is 16.2. The first-order valence-electron chi connectivity index (χ1n) is 8.92. The Bertz CT molecular complexity index is 534. The molecular formula is C19H29N3O2. The molecule has 1 aromatic rings. The van der Waals surface area contributed by atoms with Crippen molar-refractivity contribution in [3.8, 4) is 0 Å². The normalized spacial score (nSPS) is 15.3. The van der Waals surface area contributed by atoms with Gasteiger partial charge in [0.25, 0.3) is 0 Å². The molecule has 1 aliphatic heterocycles. The number of hydrogen-bond donors (Lipinski definition) is 3. The Morgan fingerprint density at radius 3 is 2.42 bits per heavy atom. The molecule has 0 spiro atoms. The molecule has 3 N–H and O–H groups in total. The van der Waals surface area contributed by atoms with E-state index in [1.54, 1.807) is 0 Å². The van der Waals surface area contributed by atoms with Crippen LogP contribution in [0.15, 0.2) is 24.3 Å². The molecular weight excluding hydrogens is 302 g/mol. The predicted octanol–water partition coefficient (Wildman–Crippen LogP) is 2.47. The summed E-state index contributed by atoms with van der Waals surface area (Å²) in [5.41, 5.74) is 1.74. The standard InChI is InChI=1S/C19H29N3O2/c1-14(2)21-19(24)13-16-3-6-17(7-4-16)22-18(23)8-5-15-9-11-20-12-10-15/h3-4,6-7,14-15,20H,5,8-13H2,1-2H3,(H,21,24)(H,22,23). The van der Waals surface area contributed by atoms with Gasteiger partial charge in [-0.25, -0.2) is 0 Å². The summed E-state index contributed by atoms with van der Waals surface area (Å²) in [6.07, 6.45) is 4.23. The van der Waals surface area contributed by atoms with Gasteiger partial charge in [-0.1, -0.05) is 12.1 Å². The molecule has 0 atom stereocenters. The van der Waals surface area contributed by atoms with Crippen molar-refractivity contribution in [1.82, 2.24) is 10.6 Å². The Morgan fingerprint density at radius 1 is 1.12 bits per heavy atom. The highest BCUT2D eigenvalue weighted by molar-refractivity contribution is 5.90. The van der Waals surface area contributed by atoms with Crippen molar-refractivity contribution in [2.45, 2.75) is 52.0 Å². The Balaban J connectivity index is 1.74. The zero-order valence-electron chi connectivity index (χ0n) is 14.7. The van der Waals surface area contributed by atoms with Crippen LogP contribution in [0.4, 0.5) is 5.69 Å². The van der Waals surface area contributed by atoms with Gasteiger partial charge in [-0.3, -0.25) is 9.59 Å². The van der Waals surface area contributed by atoms with Crippen molar-refractivity contribution in [2.24, 2.45) is 5.92 Å². The summed E-state index contributed by atoms with van der Waals surface area (Å²) in [6.45, 7) is 6.02. The van der Waals surface area contributed by atoms with Crippen molar-refractivity contribution < 1.29 is 9.59 Å². The van der Waals surface area contributed by atoms with E-state index in [1.165, 1.54) is 12.8 Å². The third-order valence-electron chi connectivity index (χ3n) is 4.29. The van der Waals surface area contributed by atoms with Crippen LogP contribution in [0.5, 0.6) is 0 Å². The fourth-order valence-corrected chi connectivity index (χ4v) is 2.99. The van der Waals surface area contributed by atoms with Crippen LogP contribution in [-0.4, -0.2) is 30.9 Å². The first-order chi connectivity index (χ1) is 11.5. The summed E-state index contributed by atoms with van der Waals surface area (Å²) in [4.78, 5) is 23.8. The van der Waals surface area contributed by atoms with Gasteiger partial charge in [-0.05, 0) is 69.8 Å². The topological polar surface area (TPSA) is 70.2 Å². The lowest BCUT2D eigenvalue weighted by atomic mass is 9.93. The highest BCUT2D eigenvalue weighted by Crippen LogP contribution is 2.18. The van der Waals surface area contributed by atoms with Gasteiger partial charge in [0.1, 0.15) is 0 Å². The van der Waals surface area contributed by atoms with Crippen molar-refractivity contribution in [2.75, 3.05) is 18.4 Å². The zero-order valence-corrected chi connectivity index (χ0v) is 14.7. The van der Waals surface area contributed by atoms with Gasteiger partial charge in [-0.2, -0.15) is 0 Å². The summed E-state index contributed by atoms with van der Waals surface area (Å²) in [6, 6.07) is 7.65. The number of anilines is 1. The van der Waals surface area contributed by atoms with Crippen molar-refractivity contribution in [3.05, 3.63) is 29.8 Å². The van der Waals surface area contributed by atoms with Gasteiger partial charge in [0, 0.05) is 18.2 Å². The second-order valence-electron chi connectivity index (χ2n) is 6.88. The molecule has 132 valence electrons. The maximum absolute atomic E-state index is 12.0. The van der Waals surface area contributed by atoms with Crippen LogP contribution in [0.25, 0.3) is 0 Å². The van der Waals surface area contributed by atoms with Crippen LogP contribution in [0.3, 0.4) is 0 Å². The minimum Gasteiger partial charge on any atom is -0.354 e. The molecule has 0 saturated carbocycles. The summed E-state index contributed by atoms with van der Waals surface area (Å²) in [5, 5.41) is 9.15. The van der Waals surface area contributed by atoms with E-state index in [2.05, 4.69) is 16.0 Å². The molecule has 0 aromatic heterocycles. The molecule has 1 heterocycles. The summed E-state index contributed by atoms with van der Waals surface area (Å²) < 4.78 is 0. The molecule has 1 aliphatic rings. The van der Waals surface area contributed by atoms with E-state index in [-0.39, 0.29) is 17.9 Å². The van der Waals surface area contributed by atoms with Crippen LogP contribution >= 0.6 is 0 Å². The average Bonchev–Trinajstić information content (AvgIpc) is 2.55. The lowest BCUT2D eigenvalue weighted by molar-refractivity contribution is -0.121. The molecule has 5 nitrogen and oxygen atoms in total. The lowest BCUT2D eigenvalue weighted by Crippen LogP contribution is -2.31. The van der Waals surface area contributed by atoms with E-state index in [4.69, 9.17) is 0 Å². The summed E-state index contributed by atoms with van der Waals surface area (Å²) in [7, 11) is 0. The number of benzene rings is 1. The molecule has 2 amide bonds. The third-order valence-corrected chi connectivity index (χ3v) is 4.29. The van der Waals surface area contributed by atoms with Crippen molar-refractivity contribution in [1.29, 1.82) is 0 Å². The van der Waals surface area contributed by atoms with Gasteiger partial charge >= 0.3 is 0 Å². The Hall–Kier alpha value is -1.88. The van der Waals surface area contributed by atoms with E-state index < -0.39 is 0 Å². The average molecular weight is 331 g/mol. The summed E-state index contributed by atoms with van der Waals surface area (Å²) in [5.74, 6) is 0.751. The lowest BCUT2D eigenvalue weighted by Gasteiger charge is -2.22. The van der Waals surface area contributed by atoms with Crippen LogP contribution in [0.2, 0.25) is 0 Å². The predicted molar refractivity (Wildman–Crippen MR) is 96.9 cm³/mol. The van der Waals surface area contributed by atoms with Crippen LogP contribution < -0.4 is 16.0 Å². The van der Waals surface area contributed by atoms with E-state index in [9.17, 15) is 9.59 Å². The number of carbonyl (C=O) groups is 2. The summed E-state index contributed by atoms with van der Waals surface area (Å²) >= 11 is 0. The number of rotatable bonds is 7. The SMILES string of the molecule is CC(C)NC(=O)Cc1ccc(NC(=O)CCC2CCNCC2)cc1. The quantitative estimate of drug-likeness (QED) is 0.719. The number of amides is 2. The highest BCUT2D eigenvalue weighted by Gasteiger charge is 2.14. The van der Waals surface area contributed by atoms with E-state index in [0.717, 1.165) is 30.8 Å². The van der Waals surface area contributed by atoms with Crippen molar-refractivity contribution >= 4 is 17.5 Å². The minimum atomic E-state index is 0.0174. The second-order valence-corrected chi connectivity index (χ2v) is 6.88. The molecule has 1 saturated heterocycles. The monoisotopic (exact) mass is 331 g/mol. The Labute approximate surface area is 144 Å². The smallest absolute Gasteiger partial charge is 0.224 e. The van der Waals surface area contributed by atoms with Crippen LogP contribution in [0.1, 0.15) is 45.1 Å². The molecule has 0 aliphatic carbocycles. The molecule has 24 heavy (non-hydrogen) atoms.